The van der Waals surface area contributed by atoms with Crippen LogP contribution in [0.2, 0.25) is 0 Å². The molecule has 1 aliphatic rings. The van der Waals surface area contributed by atoms with Gasteiger partial charge in [0.2, 0.25) is 11.8 Å². The molecular weight excluding hydrogens is 320 g/mol. The van der Waals surface area contributed by atoms with Gasteiger partial charge in [-0.2, -0.15) is 0 Å². The van der Waals surface area contributed by atoms with Crippen LogP contribution in [0.1, 0.15) is 49.5 Å². The van der Waals surface area contributed by atoms with Gasteiger partial charge in [0.1, 0.15) is 0 Å². The number of hydrogen-bond acceptors (Lipinski definition) is 4. The molecule has 0 aliphatic carbocycles. The van der Waals surface area contributed by atoms with Gasteiger partial charge in [-0.15, -0.1) is 0 Å². The summed E-state index contributed by atoms with van der Waals surface area (Å²) in [5.74, 6) is -0.421. The highest BCUT2D eigenvalue weighted by molar-refractivity contribution is 6.01. The van der Waals surface area contributed by atoms with Crippen molar-refractivity contribution in [1.82, 2.24) is 10.2 Å². The molecule has 25 heavy (non-hydrogen) atoms. The molecule has 0 radical (unpaired) electrons. The Kier molecular flexibility index (Phi) is 6.31. The second-order valence-corrected chi connectivity index (χ2v) is 7.13. The summed E-state index contributed by atoms with van der Waals surface area (Å²) in [5, 5.41) is 2.79. The SMILES string of the molecule is CC(C)(C)c1ccc(C(=O)NCCOCCN2C(=O)CCC2=O)cc1. The summed E-state index contributed by atoms with van der Waals surface area (Å²) in [6, 6.07) is 7.58. The number of benzene rings is 1. The van der Waals surface area contributed by atoms with Crippen LogP contribution in [-0.4, -0.2) is 48.9 Å². The van der Waals surface area contributed by atoms with Crippen LogP contribution < -0.4 is 5.32 Å². The van der Waals surface area contributed by atoms with Crippen molar-refractivity contribution in [2.75, 3.05) is 26.3 Å². The van der Waals surface area contributed by atoms with E-state index in [9.17, 15) is 14.4 Å². The third-order valence-electron chi connectivity index (χ3n) is 4.16. The fraction of sp³-hybridized carbons (Fsp3) is 0.526. The van der Waals surface area contributed by atoms with E-state index in [0.717, 1.165) is 0 Å². The molecule has 0 spiro atoms. The molecule has 0 aromatic heterocycles. The van der Waals surface area contributed by atoms with E-state index in [1.807, 2.05) is 24.3 Å². The van der Waals surface area contributed by atoms with Crippen LogP contribution in [-0.2, 0) is 19.7 Å². The number of nitrogens with zero attached hydrogens (tertiary/aromatic N) is 1. The maximum absolute atomic E-state index is 12.1. The summed E-state index contributed by atoms with van der Waals surface area (Å²) >= 11 is 0. The number of carbonyl (C=O) groups is 3. The van der Waals surface area contributed by atoms with Crippen molar-refractivity contribution in [2.45, 2.75) is 39.0 Å². The largest absolute Gasteiger partial charge is 0.378 e. The molecule has 1 saturated heterocycles. The third kappa shape index (κ3) is 5.39. The molecule has 3 amide bonds. The molecule has 1 aromatic carbocycles. The van der Waals surface area contributed by atoms with Gasteiger partial charge in [0.05, 0.1) is 19.8 Å². The number of carbonyl (C=O) groups excluding carboxylic acids is 3. The predicted molar refractivity (Wildman–Crippen MR) is 94.2 cm³/mol. The zero-order valence-electron chi connectivity index (χ0n) is 15.1. The van der Waals surface area contributed by atoms with E-state index in [2.05, 4.69) is 26.1 Å². The standard InChI is InChI=1S/C19H26N2O4/c1-19(2,3)15-6-4-14(5-7-15)18(24)20-10-12-25-13-11-21-16(22)8-9-17(21)23/h4-7H,8-13H2,1-3H3,(H,20,24). The highest BCUT2D eigenvalue weighted by Crippen LogP contribution is 2.22. The minimum Gasteiger partial charge on any atom is -0.378 e. The summed E-state index contributed by atoms with van der Waals surface area (Å²) in [7, 11) is 0. The zero-order valence-corrected chi connectivity index (χ0v) is 15.1. The van der Waals surface area contributed by atoms with E-state index in [-0.39, 0.29) is 36.3 Å². The summed E-state index contributed by atoms with van der Waals surface area (Å²) in [6.07, 6.45) is 0.589. The number of amides is 3. The van der Waals surface area contributed by atoms with Gasteiger partial charge in [-0.05, 0) is 23.1 Å². The lowest BCUT2D eigenvalue weighted by Gasteiger charge is -2.19. The van der Waals surface area contributed by atoms with E-state index in [4.69, 9.17) is 4.74 Å². The highest BCUT2D eigenvalue weighted by Gasteiger charge is 2.28. The first kappa shape index (κ1) is 19.1. The molecule has 6 nitrogen and oxygen atoms in total. The molecule has 1 N–H and O–H groups in total. The molecule has 0 bridgehead atoms. The Bertz CT molecular complexity index is 616. The Morgan fingerprint density at radius 1 is 1.08 bits per heavy atom. The van der Waals surface area contributed by atoms with E-state index < -0.39 is 0 Å². The van der Waals surface area contributed by atoms with E-state index in [0.29, 0.717) is 31.6 Å². The van der Waals surface area contributed by atoms with Gasteiger partial charge in [0, 0.05) is 24.9 Å². The molecule has 6 heteroatoms. The van der Waals surface area contributed by atoms with Gasteiger partial charge in [-0.1, -0.05) is 32.9 Å². The minimum absolute atomic E-state index is 0.0565. The van der Waals surface area contributed by atoms with Crippen LogP contribution in [0.5, 0.6) is 0 Å². The minimum atomic E-state index is -0.144. The number of rotatable bonds is 7. The topological polar surface area (TPSA) is 75.7 Å². The lowest BCUT2D eigenvalue weighted by atomic mass is 9.87. The molecule has 136 valence electrons. The number of likely N-dealkylation sites (tertiary alicyclic amines) is 1. The van der Waals surface area contributed by atoms with Gasteiger partial charge in [0.25, 0.3) is 5.91 Å². The summed E-state index contributed by atoms with van der Waals surface area (Å²) in [5.41, 5.74) is 1.85. The number of hydrogen-bond donors (Lipinski definition) is 1. The quantitative estimate of drug-likeness (QED) is 0.604. The maximum atomic E-state index is 12.1. The Morgan fingerprint density at radius 2 is 1.68 bits per heavy atom. The third-order valence-corrected chi connectivity index (χ3v) is 4.16. The van der Waals surface area contributed by atoms with E-state index in [1.165, 1.54) is 10.5 Å². The lowest BCUT2D eigenvalue weighted by Crippen LogP contribution is -2.33. The van der Waals surface area contributed by atoms with Crippen molar-refractivity contribution in [1.29, 1.82) is 0 Å². The monoisotopic (exact) mass is 346 g/mol. The average Bonchev–Trinajstić information content (AvgIpc) is 2.88. The molecular formula is C19H26N2O4. The van der Waals surface area contributed by atoms with Gasteiger partial charge < -0.3 is 10.1 Å². The normalized spacial score (nSPS) is 14.9. The number of imide groups is 1. The summed E-state index contributed by atoms with van der Waals surface area (Å²) < 4.78 is 5.38. The average molecular weight is 346 g/mol. The van der Waals surface area contributed by atoms with Crippen molar-refractivity contribution in [2.24, 2.45) is 0 Å². The Labute approximate surface area is 148 Å². The molecule has 1 heterocycles. The smallest absolute Gasteiger partial charge is 0.251 e. The fourth-order valence-corrected chi connectivity index (χ4v) is 2.59. The van der Waals surface area contributed by atoms with Gasteiger partial charge >= 0.3 is 0 Å². The van der Waals surface area contributed by atoms with Crippen LogP contribution in [0.4, 0.5) is 0 Å². The summed E-state index contributed by atoms with van der Waals surface area (Å²) in [6.45, 7) is 7.66. The first-order valence-corrected chi connectivity index (χ1v) is 8.59. The summed E-state index contributed by atoms with van der Waals surface area (Å²) in [4.78, 5) is 36.2. The molecule has 0 unspecified atom stereocenters. The van der Waals surface area contributed by atoms with Gasteiger partial charge in [0.15, 0.2) is 0 Å². The first-order chi connectivity index (χ1) is 11.8. The Morgan fingerprint density at radius 3 is 2.24 bits per heavy atom. The second-order valence-electron chi connectivity index (χ2n) is 7.13. The highest BCUT2D eigenvalue weighted by atomic mass is 16.5. The van der Waals surface area contributed by atoms with Crippen LogP contribution in [0.15, 0.2) is 24.3 Å². The number of ether oxygens (including phenoxy) is 1. The molecule has 0 atom stereocenters. The molecule has 2 rings (SSSR count). The van der Waals surface area contributed by atoms with Gasteiger partial charge in [-0.3, -0.25) is 19.3 Å². The molecule has 1 aliphatic heterocycles. The zero-order chi connectivity index (χ0) is 18.4. The van der Waals surface area contributed by atoms with Gasteiger partial charge in [-0.25, -0.2) is 0 Å². The fourth-order valence-electron chi connectivity index (χ4n) is 2.59. The predicted octanol–water partition coefficient (Wildman–Crippen LogP) is 1.88. The molecule has 1 aromatic rings. The van der Waals surface area contributed by atoms with Crippen LogP contribution in [0.25, 0.3) is 0 Å². The Hall–Kier alpha value is -2.21. The van der Waals surface area contributed by atoms with Crippen LogP contribution in [0, 0.1) is 0 Å². The maximum Gasteiger partial charge on any atom is 0.251 e. The van der Waals surface area contributed by atoms with Crippen molar-refractivity contribution in [3.05, 3.63) is 35.4 Å². The Balaban J connectivity index is 1.65. The second kappa shape index (κ2) is 8.25. The number of nitrogens with one attached hydrogen (secondary N) is 1. The molecule has 1 fully saturated rings. The first-order valence-electron chi connectivity index (χ1n) is 8.59. The van der Waals surface area contributed by atoms with E-state index >= 15 is 0 Å². The van der Waals surface area contributed by atoms with Crippen molar-refractivity contribution in [3.8, 4) is 0 Å². The van der Waals surface area contributed by atoms with Crippen molar-refractivity contribution < 1.29 is 19.1 Å². The van der Waals surface area contributed by atoms with Crippen molar-refractivity contribution >= 4 is 17.7 Å². The van der Waals surface area contributed by atoms with Crippen LogP contribution >= 0.6 is 0 Å². The van der Waals surface area contributed by atoms with Crippen molar-refractivity contribution in [3.63, 3.8) is 0 Å². The molecule has 0 saturated carbocycles. The lowest BCUT2D eigenvalue weighted by molar-refractivity contribution is -0.139. The van der Waals surface area contributed by atoms with Crippen LogP contribution in [0.3, 0.4) is 0 Å². The van der Waals surface area contributed by atoms with E-state index in [1.54, 1.807) is 0 Å².